The van der Waals surface area contributed by atoms with Crippen LogP contribution in [0.15, 0.2) is 77.7 Å². The predicted molar refractivity (Wildman–Crippen MR) is 118 cm³/mol. The van der Waals surface area contributed by atoms with Gasteiger partial charge < -0.3 is 0 Å². The highest BCUT2D eigenvalue weighted by molar-refractivity contribution is 7.89. The molecule has 3 nitrogen and oxygen atoms in total. The maximum absolute atomic E-state index is 13.6. The van der Waals surface area contributed by atoms with E-state index in [0.29, 0.717) is 24.6 Å². The summed E-state index contributed by atoms with van der Waals surface area (Å²) in [4.78, 5) is 0.0810. The molecule has 1 saturated heterocycles. The van der Waals surface area contributed by atoms with Crippen LogP contribution in [0.25, 0.3) is 11.1 Å². The third-order valence-electron chi connectivity index (χ3n) is 5.93. The molecule has 0 atom stereocenters. The lowest BCUT2D eigenvalue weighted by atomic mass is 9.90. The molecule has 0 spiro atoms. The molecule has 0 saturated carbocycles. The first-order valence-electron chi connectivity index (χ1n) is 10.3. The van der Waals surface area contributed by atoms with Gasteiger partial charge in [0.25, 0.3) is 0 Å². The van der Waals surface area contributed by atoms with E-state index in [1.54, 1.807) is 6.92 Å². The molecule has 0 unspecified atom stereocenters. The molecule has 156 valence electrons. The zero-order valence-electron chi connectivity index (χ0n) is 17.1. The van der Waals surface area contributed by atoms with Gasteiger partial charge in [-0.3, -0.25) is 0 Å². The van der Waals surface area contributed by atoms with Crippen LogP contribution in [0.4, 0.5) is 4.39 Å². The van der Waals surface area contributed by atoms with Gasteiger partial charge in [0, 0.05) is 13.1 Å². The molecule has 0 radical (unpaired) electrons. The van der Waals surface area contributed by atoms with E-state index in [1.165, 1.54) is 33.1 Å². The van der Waals surface area contributed by atoms with E-state index in [0.717, 1.165) is 25.3 Å². The lowest BCUT2D eigenvalue weighted by Gasteiger charge is -2.31. The second-order valence-corrected chi connectivity index (χ2v) is 9.93. The quantitative estimate of drug-likeness (QED) is 0.548. The zero-order chi connectivity index (χ0) is 21.1. The summed E-state index contributed by atoms with van der Waals surface area (Å²) in [5.74, 6) is -0.0688. The fraction of sp³-hybridized carbons (Fsp3) is 0.280. The molecule has 1 aliphatic rings. The highest BCUT2D eigenvalue weighted by atomic mass is 32.2. The Morgan fingerprint density at radius 1 is 0.900 bits per heavy atom. The van der Waals surface area contributed by atoms with Gasteiger partial charge in [-0.05, 0) is 66.5 Å². The molecule has 4 rings (SSSR count). The number of rotatable bonds is 5. The normalized spacial score (nSPS) is 15.9. The Bertz CT molecular complexity index is 1100. The number of halogens is 1. The van der Waals surface area contributed by atoms with Gasteiger partial charge in [0.2, 0.25) is 10.0 Å². The summed E-state index contributed by atoms with van der Waals surface area (Å²) in [6.07, 6.45) is 2.57. The second kappa shape index (κ2) is 8.70. The number of benzene rings is 3. The predicted octanol–water partition coefficient (Wildman–Crippen LogP) is 5.44. The maximum atomic E-state index is 13.6. The number of sulfonamides is 1. The third kappa shape index (κ3) is 4.47. The molecule has 0 aromatic heterocycles. The Balaban J connectivity index is 1.38. The molecule has 0 amide bonds. The van der Waals surface area contributed by atoms with E-state index < -0.39 is 15.8 Å². The van der Waals surface area contributed by atoms with Crippen LogP contribution in [0.2, 0.25) is 0 Å². The van der Waals surface area contributed by atoms with Gasteiger partial charge in [-0.2, -0.15) is 4.31 Å². The summed E-state index contributed by atoms with van der Waals surface area (Å²) in [5, 5.41) is 0. The SMILES string of the molecule is Cc1ccc(F)cc1S(=O)(=O)N1CCC(Cc2ccc(-c3ccccc3)cc2)CC1. The van der Waals surface area contributed by atoms with Crippen LogP contribution in [-0.4, -0.2) is 25.8 Å². The molecule has 0 aliphatic carbocycles. The highest BCUT2D eigenvalue weighted by Gasteiger charge is 2.30. The van der Waals surface area contributed by atoms with Gasteiger partial charge in [-0.25, -0.2) is 12.8 Å². The summed E-state index contributed by atoms with van der Waals surface area (Å²) in [7, 11) is -3.65. The van der Waals surface area contributed by atoms with Crippen molar-refractivity contribution < 1.29 is 12.8 Å². The van der Waals surface area contributed by atoms with E-state index in [2.05, 4.69) is 36.4 Å². The van der Waals surface area contributed by atoms with Crippen LogP contribution in [0.5, 0.6) is 0 Å². The second-order valence-electron chi connectivity index (χ2n) is 8.02. The Kier molecular flexibility index (Phi) is 6.02. The lowest BCUT2D eigenvalue weighted by molar-refractivity contribution is 0.272. The zero-order valence-corrected chi connectivity index (χ0v) is 17.9. The monoisotopic (exact) mass is 423 g/mol. The van der Waals surface area contributed by atoms with Crippen molar-refractivity contribution in [1.29, 1.82) is 0 Å². The van der Waals surface area contributed by atoms with Gasteiger partial charge in [-0.15, -0.1) is 0 Å². The molecule has 0 N–H and O–H groups in total. The first-order valence-corrected chi connectivity index (χ1v) is 11.8. The van der Waals surface area contributed by atoms with Crippen LogP contribution in [0.3, 0.4) is 0 Å². The first-order chi connectivity index (χ1) is 14.4. The van der Waals surface area contributed by atoms with Crippen molar-refractivity contribution in [3.63, 3.8) is 0 Å². The Hall–Kier alpha value is -2.50. The molecular formula is C25H26FNO2S. The van der Waals surface area contributed by atoms with Crippen molar-refractivity contribution in [2.75, 3.05) is 13.1 Å². The van der Waals surface area contributed by atoms with Gasteiger partial charge in [-0.1, -0.05) is 60.7 Å². The average Bonchev–Trinajstić information content (AvgIpc) is 2.77. The van der Waals surface area contributed by atoms with Crippen molar-refractivity contribution in [2.45, 2.75) is 31.1 Å². The standard InChI is InChI=1S/C25H26FNO2S/c1-19-7-12-24(26)18-25(19)30(28,29)27-15-13-21(14-16-27)17-20-8-10-23(11-9-20)22-5-3-2-4-6-22/h2-12,18,21H,13-17H2,1H3. The maximum Gasteiger partial charge on any atom is 0.243 e. The van der Waals surface area contributed by atoms with E-state index in [-0.39, 0.29) is 4.90 Å². The molecule has 3 aromatic rings. The Morgan fingerprint density at radius 3 is 2.20 bits per heavy atom. The van der Waals surface area contributed by atoms with Crippen molar-refractivity contribution in [3.05, 3.63) is 89.7 Å². The van der Waals surface area contributed by atoms with Crippen molar-refractivity contribution in [1.82, 2.24) is 4.31 Å². The molecule has 3 aromatic carbocycles. The van der Waals surface area contributed by atoms with Crippen LogP contribution in [0.1, 0.15) is 24.0 Å². The van der Waals surface area contributed by atoms with Gasteiger partial charge >= 0.3 is 0 Å². The minimum atomic E-state index is -3.65. The summed E-state index contributed by atoms with van der Waals surface area (Å²) >= 11 is 0. The van der Waals surface area contributed by atoms with Crippen molar-refractivity contribution >= 4 is 10.0 Å². The number of hydrogen-bond donors (Lipinski definition) is 0. The topological polar surface area (TPSA) is 37.4 Å². The van der Waals surface area contributed by atoms with Gasteiger partial charge in [0.05, 0.1) is 4.90 Å². The first kappa shape index (κ1) is 20.8. The molecule has 1 heterocycles. The molecule has 1 fully saturated rings. The number of aryl methyl sites for hydroxylation is 1. The molecular weight excluding hydrogens is 397 g/mol. The van der Waals surface area contributed by atoms with Crippen LogP contribution >= 0.6 is 0 Å². The van der Waals surface area contributed by atoms with E-state index in [4.69, 9.17) is 0 Å². The van der Waals surface area contributed by atoms with E-state index in [1.807, 2.05) is 18.2 Å². The largest absolute Gasteiger partial charge is 0.243 e. The Morgan fingerprint density at radius 2 is 1.53 bits per heavy atom. The van der Waals surface area contributed by atoms with Crippen molar-refractivity contribution in [3.8, 4) is 11.1 Å². The molecule has 30 heavy (non-hydrogen) atoms. The number of piperidine rings is 1. The summed E-state index contributed by atoms with van der Waals surface area (Å²) in [6.45, 7) is 2.66. The summed E-state index contributed by atoms with van der Waals surface area (Å²) < 4.78 is 41.0. The summed E-state index contributed by atoms with van der Waals surface area (Å²) in [5.41, 5.74) is 4.26. The van der Waals surface area contributed by atoms with E-state index in [9.17, 15) is 12.8 Å². The Labute approximate surface area is 178 Å². The third-order valence-corrected chi connectivity index (χ3v) is 7.97. The van der Waals surface area contributed by atoms with Crippen LogP contribution in [0, 0.1) is 18.7 Å². The van der Waals surface area contributed by atoms with Crippen LogP contribution < -0.4 is 0 Å². The van der Waals surface area contributed by atoms with Gasteiger partial charge in [0.15, 0.2) is 0 Å². The van der Waals surface area contributed by atoms with Crippen molar-refractivity contribution in [2.24, 2.45) is 5.92 Å². The average molecular weight is 424 g/mol. The molecule has 0 bridgehead atoms. The minimum absolute atomic E-state index is 0.0810. The number of nitrogens with zero attached hydrogens (tertiary/aromatic N) is 1. The fourth-order valence-corrected chi connectivity index (χ4v) is 5.85. The lowest BCUT2D eigenvalue weighted by Crippen LogP contribution is -2.39. The smallest absolute Gasteiger partial charge is 0.207 e. The molecule has 1 aliphatic heterocycles. The fourth-order valence-electron chi connectivity index (χ4n) is 4.14. The van der Waals surface area contributed by atoms with E-state index >= 15 is 0 Å². The minimum Gasteiger partial charge on any atom is -0.207 e. The highest BCUT2D eigenvalue weighted by Crippen LogP contribution is 2.28. The van der Waals surface area contributed by atoms with Crippen LogP contribution in [-0.2, 0) is 16.4 Å². The summed E-state index contributed by atoms with van der Waals surface area (Å²) in [6, 6.07) is 22.9. The molecule has 5 heteroatoms. The van der Waals surface area contributed by atoms with Gasteiger partial charge in [0.1, 0.15) is 5.82 Å². The number of hydrogen-bond acceptors (Lipinski definition) is 2.